The molecule has 3 atom stereocenters. The quantitative estimate of drug-likeness (QED) is 0.368. The Labute approximate surface area is 225 Å². The molecule has 2 aromatic heterocycles. The molecule has 2 saturated carbocycles. The second kappa shape index (κ2) is 9.67. The third kappa shape index (κ3) is 4.98. The Morgan fingerprint density at radius 3 is 2.82 bits per heavy atom. The number of pyridine rings is 2. The Bertz CT molecular complexity index is 1520. The molecule has 2 aliphatic carbocycles. The van der Waals surface area contributed by atoms with Crippen LogP contribution in [0.3, 0.4) is 0 Å². The van der Waals surface area contributed by atoms with Gasteiger partial charge in [0.25, 0.3) is 0 Å². The average Bonchev–Trinajstić information content (AvgIpc) is 3.81. The number of rotatable bonds is 9. The fraction of sp³-hybridized carbons (Fsp3) is 0.379. The number of halogens is 1. The van der Waals surface area contributed by atoms with E-state index in [9.17, 15) is 4.79 Å². The first-order valence-electron chi connectivity index (χ1n) is 13.3. The highest BCUT2D eigenvalue weighted by atomic mass is 35.5. The largest absolute Gasteiger partial charge is 0.380 e. The summed E-state index contributed by atoms with van der Waals surface area (Å²) in [5, 5.41) is 10.8. The van der Waals surface area contributed by atoms with Crippen LogP contribution in [-0.2, 0) is 9.53 Å². The van der Waals surface area contributed by atoms with Crippen LogP contribution < -0.4 is 25.7 Å². The van der Waals surface area contributed by atoms with Gasteiger partial charge in [0, 0.05) is 28.9 Å². The molecule has 4 aliphatic rings. The Kier molecular flexibility index (Phi) is 6.01. The summed E-state index contributed by atoms with van der Waals surface area (Å²) in [6.45, 7) is 2.12. The highest BCUT2D eigenvalue weighted by Gasteiger charge is 2.44. The van der Waals surface area contributed by atoms with Crippen molar-refractivity contribution in [2.24, 2.45) is 10.9 Å². The maximum atomic E-state index is 12.8. The van der Waals surface area contributed by atoms with Crippen molar-refractivity contribution in [1.82, 2.24) is 4.98 Å². The van der Waals surface area contributed by atoms with Crippen molar-refractivity contribution in [3.8, 4) is 0 Å². The lowest BCUT2D eigenvalue weighted by atomic mass is 10.1. The van der Waals surface area contributed by atoms with Gasteiger partial charge < -0.3 is 20.7 Å². The molecule has 38 heavy (non-hydrogen) atoms. The van der Waals surface area contributed by atoms with Crippen LogP contribution in [0.5, 0.6) is 0 Å². The Morgan fingerprint density at radius 2 is 2.03 bits per heavy atom. The van der Waals surface area contributed by atoms with Gasteiger partial charge in [-0.3, -0.25) is 4.79 Å². The number of hydrogen-bond acceptors (Lipinski definition) is 6. The minimum absolute atomic E-state index is 0.00114. The summed E-state index contributed by atoms with van der Waals surface area (Å²) in [5.41, 5.74) is 5.44. The van der Waals surface area contributed by atoms with Gasteiger partial charge in [-0.05, 0) is 66.5 Å². The van der Waals surface area contributed by atoms with E-state index in [0.717, 1.165) is 42.1 Å². The molecule has 0 spiro atoms. The smallest absolute Gasteiger partial charge is 0.346 e. The molecule has 9 heteroatoms. The number of nitrogens with one attached hydrogen (secondary N) is 3. The zero-order valence-corrected chi connectivity index (χ0v) is 21.7. The highest BCUT2D eigenvalue weighted by Crippen LogP contribution is 2.48. The zero-order valence-electron chi connectivity index (χ0n) is 20.9. The van der Waals surface area contributed by atoms with Gasteiger partial charge in [-0.15, -0.1) is 0 Å². The molecule has 0 bridgehead atoms. The molecular formula is C29H30ClN6O2+. The maximum absolute atomic E-state index is 12.8. The highest BCUT2D eigenvalue weighted by molar-refractivity contribution is 6.30. The number of benzene rings is 1. The van der Waals surface area contributed by atoms with Gasteiger partial charge >= 0.3 is 5.49 Å². The molecule has 8 nitrogen and oxygen atoms in total. The minimum atomic E-state index is -0.0517. The summed E-state index contributed by atoms with van der Waals surface area (Å²) in [7, 11) is 0. The molecule has 1 unspecified atom stereocenters. The number of carbonyl (C=O) groups excluding carboxylic acids is 1. The first-order chi connectivity index (χ1) is 18.6. The molecule has 7 rings (SSSR count). The summed E-state index contributed by atoms with van der Waals surface area (Å²) in [5.74, 6) is 1.37. The van der Waals surface area contributed by atoms with Crippen LogP contribution in [0, 0.1) is 12.1 Å². The number of anilines is 3. The zero-order chi connectivity index (χ0) is 25.6. The SMILES string of the molecule is O=C(Nc1cc(NCC2C=[n+]3cc(C4CC4)cc(NC4COC4)c3=N2)ccn1)[C@H]1C[C@@H]1c1cccc(Cl)c1. The maximum Gasteiger partial charge on any atom is 0.346 e. The van der Waals surface area contributed by atoms with Crippen LogP contribution >= 0.6 is 11.6 Å². The van der Waals surface area contributed by atoms with Crippen LogP contribution in [0.25, 0.3) is 0 Å². The molecule has 3 N–H and O–H groups in total. The Balaban J connectivity index is 0.998. The fourth-order valence-corrected chi connectivity index (χ4v) is 5.48. The van der Waals surface area contributed by atoms with Gasteiger partial charge in [-0.2, -0.15) is 0 Å². The summed E-state index contributed by atoms with van der Waals surface area (Å²) >= 11 is 6.12. The van der Waals surface area contributed by atoms with Crippen molar-refractivity contribution in [3.63, 3.8) is 0 Å². The summed E-state index contributed by atoms with van der Waals surface area (Å²) in [6.07, 6.45) is 9.46. The molecule has 3 fully saturated rings. The van der Waals surface area contributed by atoms with E-state index in [1.165, 1.54) is 18.4 Å². The van der Waals surface area contributed by atoms with Crippen LogP contribution in [0.1, 0.15) is 42.2 Å². The minimum Gasteiger partial charge on any atom is -0.380 e. The van der Waals surface area contributed by atoms with E-state index in [0.29, 0.717) is 29.3 Å². The van der Waals surface area contributed by atoms with Crippen LogP contribution in [0.2, 0.25) is 5.02 Å². The van der Waals surface area contributed by atoms with E-state index in [1.54, 1.807) is 6.20 Å². The number of amides is 1. The standard InChI is InChI=1S/C29H29ClN6O2/c30-20-3-1-2-18(8-20)24-11-25(24)29(37)35-27-10-21(6-7-31-27)32-12-22-14-36-13-19(17-4-5-17)9-26(28(36)34-22)33-23-15-38-16-23/h1-3,6-10,13-14,17,22-25,33H,4-5,11-12,15-16H2,(H-,31,32,35,37)/p+1/t22?,24-,25+/m1/s1. The third-order valence-corrected chi connectivity index (χ3v) is 7.92. The number of ether oxygens (including phenoxy) is 1. The van der Waals surface area contributed by atoms with Crippen molar-refractivity contribution in [3.05, 3.63) is 82.7 Å². The lowest BCUT2D eigenvalue weighted by Crippen LogP contribution is -2.44. The third-order valence-electron chi connectivity index (χ3n) is 7.68. The van der Waals surface area contributed by atoms with Crippen molar-refractivity contribution in [2.75, 3.05) is 35.7 Å². The van der Waals surface area contributed by atoms with E-state index in [2.05, 4.69) is 43.7 Å². The van der Waals surface area contributed by atoms with E-state index in [-0.39, 0.29) is 23.8 Å². The molecule has 3 aromatic rings. The lowest BCUT2D eigenvalue weighted by molar-refractivity contribution is -0.522. The molecule has 1 amide bonds. The van der Waals surface area contributed by atoms with Gasteiger partial charge in [-0.1, -0.05) is 28.7 Å². The number of hydrogen-bond donors (Lipinski definition) is 3. The molecule has 0 radical (unpaired) electrons. The molecule has 4 heterocycles. The fourth-order valence-electron chi connectivity index (χ4n) is 5.28. The number of carbonyl (C=O) groups is 1. The predicted octanol–water partition coefficient (Wildman–Crippen LogP) is 3.58. The number of fused-ring (bicyclic) bond motifs is 1. The Hall–Kier alpha value is -3.49. The molecule has 2 aliphatic heterocycles. The van der Waals surface area contributed by atoms with Gasteiger partial charge in [0.15, 0.2) is 0 Å². The molecule has 1 aromatic carbocycles. The van der Waals surface area contributed by atoms with Gasteiger partial charge in [0.1, 0.15) is 17.7 Å². The first kappa shape index (κ1) is 23.6. The number of aromatic nitrogens is 2. The lowest BCUT2D eigenvalue weighted by Gasteiger charge is -2.27. The average molecular weight is 530 g/mol. The van der Waals surface area contributed by atoms with Crippen molar-refractivity contribution < 1.29 is 13.8 Å². The van der Waals surface area contributed by atoms with Crippen LogP contribution in [0.4, 0.5) is 17.2 Å². The van der Waals surface area contributed by atoms with Crippen molar-refractivity contribution in [1.29, 1.82) is 0 Å². The summed E-state index contributed by atoms with van der Waals surface area (Å²) in [4.78, 5) is 22.2. The van der Waals surface area contributed by atoms with Crippen LogP contribution in [-0.4, -0.2) is 42.7 Å². The van der Waals surface area contributed by atoms with Gasteiger partial charge in [0.05, 0.1) is 32.0 Å². The van der Waals surface area contributed by atoms with E-state index < -0.39 is 0 Å². The first-order valence-corrected chi connectivity index (χ1v) is 13.7. The van der Waals surface area contributed by atoms with Gasteiger partial charge in [-0.25, -0.2) is 9.23 Å². The molecule has 1 saturated heterocycles. The number of nitrogens with zero attached hydrogens (tertiary/aromatic N) is 3. The molecular weight excluding hydrogens is 500 g/mol. The Morgan fingerprint density at radius 1 is 1.13 bits per heavy atom. The van der Waals surface area contributed by atoms with Gasteiger partial charge in [0.2, 0.25) is 11.9 Å². The second-order valence-corrected chi connectivity index (χ2v) is 11.2. The van der Waals surface area contributed by atoms with E-state index >= 15 is 0 Å². The van der Waals surface area contributed by atoms with Crippen molar-refractivity contribution in [2.45, 2.75) is 43.2 Å². The molecule has 194 valence electrons. The monoisotopic (exact) mass is 529 g/mol. The normalized spacial score (nSPS) is 23.4. The van der Waals surface area contributed by atoms with Crippen molar-refractivity contribution >= 4 is 34.7 Å². The summed E-state index contributed by atoms with van der Waals surface area (Å²) < 4.78 is 7.52. The van der Waals surface area contributed by atoms with Crippen LogP contribution in [0.15, 0.2) is 59.9 Å². The van der Waals surface area contributed by atoms with E-state index in [4.69, 9.17) is 21.3 Å². The second-order valence-electron chi connectivity index (χ2n) is 10.7. The summed E-state index contributed by atoms with van der Waals surface area (Å²) in [6, 6.07) is 14.2. The predicted molar refractivity (Wildman–Crippen MR) is 145 cm³/mol. The van der Waals surface area contributed by atoms with E-state index in [1.807, 2.05) is 36.4 Å². The topological polar surface area (TPSA) is 93.5 Å².